The van der Waals surface area contributed by atoms with Gasteiger partial charge in [0.2, 0.25) is 0 Å². The molecule has 0 saturated heterocycles. The van der Waals surface area contributed by atoms with Crippen LogP contribution < -0.4 is 0 Å². The Morgan fingerprint density at radius 3 is 2.41 bits per heavy atom. The summed E-state index contributed by atoms with van der Waals surface area (Å²) < 4.78 is 0. The van der Waals surface area contributed by atoms with E-state index in [1.54, 1.807) is 26.0 Å². The number of hydrogen-bond acceptors (Lipinski definition) is 6. The quantitative estimate of drug-likeness (QED) is 0.221. The predicted molar refractivity (Wildman–Crippen MR) is 139 cm³/mol. The second-order valence-electron chi connectivity index (χ2n) is 14.2. The molecule has 4 N–H and O–H groups in total. The van der Waals surface area contributed by atoms with Gasteiger partial charge < -0.3 is 15.3 Å². The molecule has 9 atom stereocenters. The summed E-state index contributed by atoms with van der Waals surface area (Å²) in [5.74, 6) is -2.28. The maximum Gasteiger partial charge on any atom is 0.307 e. The Hall–Kier alpha value is -1.54. The number of allylic oxidation sites excluding steroid dienone is 3. The standard InChI is InChI=1S/C30H46O7/c1-26(2,37-36)12-8-9-17(25(34)35)23-21(32)16-30(7)19-15-20(31)24-27(3,4)22(33)11-13-28(24,5)18(19)10-14-29(23,30)6/h8,12,15,17-18,21-24,32-33,36H,9-11,13-14,16H2,1-7H3,(H,34,35)/t17-,18-,21+,22+,23-,24+,28-,29+,30-/m1/s1. The Balaban J connectivity index is 1.74. The number of aliphatic hydroxyl groups excluding tert-OH is 2. The van der Waals surface area contributed by atoms with Gasteiger partial charge in [0, 0.05) is 17.3 Å². The molecule has 4 rings (SSSR count). The van der Waals surface area contributed by atoms with Gasteiger partial charge >= 0.3 is 5.97 Å². The van der Waals surface area contributed by atoms with Gasteiger partial charge in [0.25, 0.3) is 0 Å². The number of aliphatic carboxylic acids is 1. The fraction of sp³-hybridized carbons (Fsp3) is 0.800. The Bertz CT molecular complexity index is 1010. The number of hydrogen-bond donors (Lipinski definition) is 4. The van der Waals surface area contributed by atoms with Crippen LogP contribution in [0.4, 0.5) is 0 Å². The summed E-state index contributed by atoms with van der Waals surface area (Å²) in [6.07, 6.45) is 7.54. The molecule has 0 aromatic carbocycles. The van der Waals surface area contributed by atoms with Crippen molar-refractivity contribution >= 4 is 11.8 Å². The molecule has 0 amide bonds. The summed E-state index contributed by atoms with van der Waals surface area (Å²) in [4.78, 5) is 30.8. The monoisotopic (exact) mass is 518 g/mol. The molecule has 0 bridgehead atoms. The van der Waals surface area contributed by atoms with Crippen molar-refractivity contribution in [2.45, 2.75) is 105 Å². The molecule has 0 aromatic heterocycles. The molecule has 37 heavy (non-hydrogen) atoms. The zero-order chi connectivity index (χ0) is 27.8. The van der Waals surface area contributed by atoms with Crippen molar-refractivity contribution in [3.63, 3.8) is 0 Å². The first-order valence-corrected chi connectivity index (χ1v) is 13.8. The van der Waals surface area contributed by atoms with E-state index in [1.165, 1.54) is 0 Å². The average molecular weight is 519 g/mol. The normalized spacial score (nSPS) is 44.1. The van der Waals surface area contributed by atoms with Crippen molar-refractivity contribution in [3.8, 4) is 0 Å². The Kier molecular flexibility index (Phi) is 6.93. The number of ketones is 1. The maximum absolute atomic E-state index is 13.8. The van der Waals surface area contributed by atoms with Gasteiger partial charge in [0.05, 0.1) is 18.1 Å². The Morgan fingerprint density at radius 2 is 1.81 bits per heavy atom. The van der Waals surface area contributed by atoms with Crippen LogP contribution in [0.3, 0.4) is 0 Å². The van der Waals surface area contributed by atoms with Gasteiger partial charge in [0.15, 0.2) is 5.78 Å². The van der Waals surface area contributed by atoms with Crippen molar-refractivity contribution in [1.82, 2.24) is 0 Å². The molecule has 3 saturated carbocycles. The minimum Gasteiger partial charge on any atom is -0.481 e. The van der Waals surface area contributed by atoms with Gasteiger partial charge in [-0.3, -0.25) is 14.8 Å². The fourth-order valence-corrected chi connectivity index (χ4v) is 9.34. The molecule has 7 nitrogen and oxygen atoms in total. The zero-order valence-electron chi connectivity index (χ0n) is 23.5. The van der Waals surface area contributed by atoms with E-state index in [0.717, 1.165) is 24.8 Å². The van der Waals surface area contributed by atoms with Crippen molar-refractivity contribution in [3.05, 3.63) is 23.8 Å². The highest BCUT2D eigenvalue weighted by molar-refractivity contribution is 5.95. The lowest BCUT2D eigenvalue weighted by molar-refractivity contribution is -0.297. The zero-order valence-corrected chi connectivity index (χ0v) is 23.5. The van der Waals surface area contributed by atoms with E-state index in [4.69, 9.17) is 5.26 Å². The van der Waals surface area contributed by atoms with Crippen LogP contribution in [0.15, 0.2) is 23.8 Å². The van der Waals surface area contributed by atoms with E-state index in [1.807, 2.05) is 19.9 Å². The number of carbonyl (C=O) groups is 2. The summed E-state index contributed by atoms with van der Waals surface area (Å²) in [7, 11) is 0. The van der Waals surface area contributed by atoms with E-state index in [9.17, 15) is 24.9 Å². The minimum absolute atomic E-state index is 0.0601. The largest absolute Gasteiger partial charge is 0.481 e. The molecule has 0 radical (unpaired) electrons. The van der Waals surface area contributed by atoms with Crippen LogP contribution in [0.1, 0.15) is 87.0 Å². The van der Waals surface area contributed by atoms with Crippen molar-refractivity contribution in [1.29, 1.82) is 0 Å². The highest BCUT2D eigenvalue weighted by atomic mass is 17.1. The van der Waals surface area contributed by atoms with E-state index in [-0.39, 0.29) is 29.5 Å². The third kappa shape index (κ3) is 4.07. The second-order valence-corrected chi connectivity index (χ2v) is 14.2. The Morgan fingerprint density at radius 1 is 1.16 bits per heavy atom. The lowest BCUT2D eigenvalue weighted by atomic mass is 9.40. The molecular weight excluding hydrogens is 472 g/mol. The van der Waals surface area contributed by atoms with Crippen LogP contribution in [0, 0.1) is 45.3 Å². The average Bonchev–Trinajstić information content (AvgIpc) is 2.99. The first-order chi connectivity index (χ1) is 17.0. The van der Waals surface area contributed by atoms with E-state index in [2.05, 4.69) is 25.7 Å². The number of carboxylic acid groups (broad SMARTS) is 1. The number of fused-ring (bicyclic) bond motifs is 5. The summed E-state index contributed by atoms with van der Waals surface area (Å²) >= 11 is 0. The molecule has 3 fully saturated rings. The van der Waals surface area contributed by atoms with Crippen LogP contribution in [0.5, 0.6) is 0 Å². The molecule has 4 aliphatic carbocycles. The number of aliphatic hydroxyl groups is 2. The van der Waals surface area contributed by atoms with Crippen molar-refractivity contribution < 1.29 is 35.1 Å². The third-order valence-corrected chi connectivity index (χ3v) is 11.5. The number of carboxylic acids is 1. The summed E-state index contributed by atoms with van der Waals surface area (Å²) in [6.45, 7) is 13.8. The molecule has 0 aromatic rings. The predicted octanol–water partition coefficient (Wildman–Crippen LogP) is 5.02. The first kappa shape index (κ1) is 28.5. The summed E-state index contributed by atoms with van der Waals surface area (Å²) in [5.41, 5.74) is -1.65. The van der Waals surface area contributed by atoms with Gasteiger partial charge in [0.1, 0.15) is 5.60 Å². The summed E-state index contributed by atoms with van der Waals surface area (Å²) in [6, 6.07) is 0. The SMILES string of the molecule is CC(C)(C=CC[C@@H](C(=O)O)[C@@H]1[C@@H](O)C[C@]2(C)C3=CC(=O)[C@H]4C(C)(C)[C@@H](O)CC[C@]4(C)[C@@H]3CC[C@@]12C)OO. The van der Waals surface area contributed by atoms with Crippen LogP contribution in [-0.2, 0) is 14.5 Å². The Labute approximate surface area is 220 Å². The highest BCUT2D eigenvalue weighted by Crippen LogP contribution is 2.73. The third-order valence-electron chi connectivity index (χ3n) is 11.5. The van der Waals surface area contributed by atoms with Crippen LogP contribution in [0.2, 0.25) is 0 Å². The van der Waals surface area contributed by atoms with Crippen molar-refractivity contribution in [2.75, 3.05) is 0 Å². The molecule has 0 spiro atoms. The summed E-state index contributed by atoms with van der Waals surface area (Å²) in [5, 5.41) is 41.6. The maximum atomic E-state index is 13.8. The van der Waals surface area contributed by atoms with Gasteiger partial charge in [-0.2, -0.15) is 0 Å². The van der Waals surface area contributed by atoms with Gasteiger partial charge in [-0.25, -0.2) is 4.89 Å². The molecule has 7 heteroatoms. The first-order valence-electron chi connectivity index (χ1n) is 13.8. The van der Waals surface area contributed by atoms with Crippen molar-refractivity contribution in [2.24, 2.45) is 45.3 Å². The second kappa shape index (κ2) is 9.00. The molecule has 0 unspecified atom stereocenters. The van der Waals surface area contributed by atoms with Crippen LogP contribution in [-0.4, -0.2) is 50.1 Å². The molecule has 0 heterocycles. The van der Waals surface area contributed by atoms with Gasteiger partial charge in [-0.1, -0.05) is 52.3 Å². The minimum atomic E-state index is -0.951. The number of carbonyl (C=O) groups excluding carboxylic acids is 1. The van der Waals surface area contributed by atoms with Gasteiger partial charge in [-0.05, 0) is 80.6 Å². The van der Waals surface area contributed by atoms with Gasteiger partial charge in [-0.15, -0.1) is 0 Å². The highest BCUT2D eigenvalue weighted by Gasteiger charge is 2.69. The fourth-order valence-electron chi connectivity index (χ4n) is 9.34. The van der Waals surface area contributed by atoms with Crippen LogP contribution in [0.25, 0.3) is 0 Å². The van der Waals surface area contributed by atoms with E-state index in [0.29, 0.717) is 12.8 Å². The topological polar surface area (TPSA) is 124 Å². The van der Waals surface area contributed by atoms with E-state index >= 15 is 0 Å². The molecule has 4 aliphatic rings. The van der Waals surface area contributed by atoms with E-state index < -0.39 is 51.9 Å². The molecular formula is C30H46O7. The molecule has 208 valence electrons. The lowest BCUT2D eigenvalue weighted by Crippen LogP contribution is -2.60. The number of rotatable bonds is 6. The lowest BCUT2D eigenvalue weighted by Gasteiger charge is -2.63. The van der Waals surface area contributed by atoms with Crippen LogP contribution >= 0.6 is 0 Å². The smallest absolute Gasteiger partial charge is 0.307 e. The molecule has 0 aliphatic heterocycles.